The predicted molar refractivity (Wildman–Crippen MR) is 81.8 cm³/mol. The van der Waals surface area contributed by atoms with Crippen molar-refractivity contribution < 1.29 is 14.3 Å². The summed E-state index contributed by atoms with van der Waals surface area (Å²) >= 11 is 0. The summed E-state index contributed by atoms with van der Waals surface area (Å²) in [5, 5.41) is 5.32. The summed E-state index contributed by atoms with van der Waals surface area (Å²) < 4.78 is 5.33. The number of carbonyl (C=O) groups excluding carboxylic acids is 2. The van der Waals surface area contributed by atoms with Crippen molar-refractivity contribution in [3.8, 4) is 5.75 Å². The van der Waals surface area contributed by atoms with E-state index in [-0.39, 0.29) is 11.9 Å². The van der Waals surface area contributed by atoms with Gasteiger partial charge in [-0.15, -0.1) is 6.58 Å². The zero-order chi connectivity index (χ0) is 15.2. The van der Waals surface area contributed by atoms with Crippen molar-refractivity contribution in [2.75, 3.05) is 30.4 Å². The van der Waals surface area contributed by atoms with E-state index in [0.717, 1.165) is 12.1 Å². The van der Waals surface area contributed by atoms with Crippen molar-refractivity contribution in [1.82, 2.24) is 5.32 Å². The third-order valence-corrected chi connectivity index (χ3v) is 3.21. The highest BCUT2D eigenvalue weighted by atomic mass is 16.5. The van der Waals surface area contributed by atoms with Crippen LogP contribution < -0.4 is 20.3 Å². The third-order valence-electron chi connectivity index (χ3n) is 3.21. The molecular formula is C15H19N3O3. The quantitative estimate of drug-likeness (QED) is 0.816. The highest BCUT2D eigenvalue weighted by Crippen LogP contribution is 2.33. The molecule has 0 bridgehead atoms. The molecule has 0 spiro atoms. The Hall–Kier alpha value is -2.50. The van der Waals surface area contributed by atoms with Gasteiger partial charge in [0.05, 0.1) is 12.8 Å². The summed E-state index contributed by atoms with van der Waals surface area (Å²) in [6.45, 7) is 4.62. The lowest BCUT2D eigenvalue weighted by Gasteiger charge is -2.19. The van der Waals surface area contributed by atoms with Gasteiger partial charge in [-0.3, -0.25) is 4.79 Å². The molecule has 0 saturated carbocycles. The normalized spacial score (nSPS) is 14.0. The maximum absolute atomic E-state index is 11.8. The van der Waals surface area contributed by atoms with E-state index < -0.39 is 0 Å². The topological polar surface area (TPSA) is 70.7 Å². The van der Waals surface area contributed by atoms with Crippen molar-refractivity contribution in [2.24, 2.45) is 0 Å². The van der Waals surface area contributed by atoms with Crippen LogP contribution in [0, 0.1) is 0 Å². The monoisotopic (exact) mass is 289 g/mol. The first-order chi connectivity index (χ1) is 10.2. The Balaban J connectivity index is 2.14. The number of hydrogen-bond acceptors (Lipinski definition) is 3. The van der Waals surface area contributed by atoms with Gasteiger partial charge in [0.25, 0.3) is 0 Å². The van der Waals surface area contributed by atoms with Gasteiger partial charge in [-0.2, -0.15) is 0 Å². The van der Waals surface area contributed by atoms with Gasteiger partial charge in [-0.05, 0) is 18.6 Å². The van der Waals surface area contributed by atoms with Gasteiger partial charge in [0.2, 0.25) is 5.91 Å². The lowest BCUT2D eigenvalue weighted by Crippen LogP contribution is -2.28. The molecule has 1 fully saturated rings. The van der Waals surface area contributed by atoms with E-state index >= 15 is 0 Å². The molecule has 1 aromatic carbocycles. The second-order valence-corrected chi connectivity index (χ2v) is 4.66. The summed E-state index contributed by atoms with van der Waals surface area (Å²) in [6, 6.07) is 4.92. The van der Waals surface area contributed by atoms with Crippen molar-refractivity contribution in [1.29, 1.82) is 0 Å². The summed E-state index contributed by atoms with van der Waals surface area (Å²) in [5.74, 6) is 0.657. The van der Waals surface area contributed by atoms with Crippen LogP contribution in [-0.2, 0) is 4.79 Å². The number of ether oxygens (including phenoxy) is 1. The largest absolute Gasteiger partial charge is 0.494 e. The summed E-state index contributed by atoms with van der Waals surface area (Å²) in [6.07, 6.45) is 3.02. The van der Waals surface area contributed by atoms with Crippen LogP contribution >= 0.6 is 0 Å². The zero-order valence-corrected chi connectivity index (χ0v) is 12.0. The first-order valence-electron chi connectivity index (χ1n) is 6.80. The number of amides is 3. The average molecular weight is 289 g/mol. The predicted octanol–water partition coefficient (Wildman–Crippen LogP) is 2.13. The molecule has 1 aliphatic heterocycles. The van der Waals surface area contributed by atoms with E-state index in [2.05, 4.69) is 17.2 Å². The molecule has 1 heterocycles. The van der Waals surface area contributed by atoms with Gasteiger partial charge in [0.15, 0.2) is 0 Å². The molecule has 2 N–H and O–H groups in total. The summed E-state index contributed by atoms with van der Waals surface area (Å²) in [4.78, 5) is 25.1. The number of carbonyl (C=O) groups is 2. The Morgan fingerprint density at radius 2 is 2.33 bits per heavy atom. The second kappa shape index (κ2) is 6.78. The fourth-order valence-electron chi connectivity index (χ4n) is 2.22. The first kappa shape index (κ1) is 14.9. The number of urea groups is 1. The van der Waals surface area contributed by atoms with Crippen molar-refractivity contribution in [3.05, 3.63) is 30.9 Å². The molecule has 1 saturated heterocycles. The van der Waals surface area contributed by atoms with Crippen LogP contribution in [0.1, 0.15) is 12.8 Å². The molecule has 21 heavy (non-hydrogen) atoms. The molecule has 6 heteroatoms. The highest BCUT2D eigenvalue weighted by molar-refractivity contribution is 5.97. The molecule has 0 radical (unpaired) electrons. The lowest BCUT2D eigenvalue weighted by molar-refractivity contribution is -0.117. The number of hydrogen-bond donors (Lipinski definition) is 2. The van der Waals surface area contributed by atoms with Crippen LogP contribution in [-0.4, -0.2) is 32.1 Å². The first-order valence-corrected chi connectivity index (χ1v) is 6.80. The summed E-state index contributed by atoms with van der Waals surface area (Å²) in [5.41, 5.74) is 1.33. The minimum Gasteiger partial charge on any atom is -0.494 e. The third kappa shape index (κ3) is 3.53. The standard InChI is InChI=1S/C15H19N3O3/c1-3-8-16-15(20)17-11-6-7-12(13(10-11)21-2)18-9-4-5-14(18)19/h3,6-7,10H,1,4-5,8-9H2,2H3,(H2,16,17,20). The van der Waals surface area contributed by atoms with Crippen LogP contribution in [0.15, 0.2) is 30.9 Å². The molecule has 6 nitrogen and oxygen atoms in total. The number of methoxy groups -OCH3 is 1. The maximum Gasteiger partial charge on any atom is 0.319 e. The molecule has 1 aromatic rings. The molecule has 112 valence electrons. The Morgan fingerprint density at radius 1 is 1.52 bits per heavy atom. The van der Waals surface area contributed by atoms with Crippen LogP contribution in [0.4, 0.5) is 16.2 Å². The second-order valence-electron chi connectivity index (χ2n) is 4.66. The van der Waals surface area contributed by atoms with Crippen LogP contribution in [0.2, 0.25) is 0 Å². The van der Waals surface area contributed by atoms with Gasteiger partial charge in [0, 0.05) is 31.3 Å². The fraction of sp³-hybridized carbons (Fsp3) is 0.333. The molecule has 0 atom stereocenters. The van der Waals surface area contributed by atoms with Crippen molar-refractivity contribution >= 4 is 23.3 Å². The molecule has 1 aliphatic rings. The van der Waals surface area contributed by atoms with Crippen LogP contribution in [0.5, 0.6) is 5.75 Å². The number of rotatable bonds is 5. The number of nitrogens with one attached hydrogen (secondary N) is 2. The van der Waals surface area contributed by atoms with E-state index in [4.69, 9.17) is 4.74 Å². The van der Waals surface area contributed by atoms with Gasteiger partial charge in [0.1, 0.15) is 5.75 Å². The van der Waals surface area contributed by atoms with Gasteiger partial charge < -0.3 is 20.3 Å². The fourth-order valence-corrected chi connectivity index (χ4v) is 2.22. The molecule has 0 aromatic heterocycles. The minimum atomic E-state index is -0.318. The van der Waals surface area contributed by atoms with E-state index in [9.17, 15) is 9.59 Å². The maximum atomic E-state index is 11.8. The Kier molecular flexibility index (Phi) is 4.81. The van der Waals surface area contributed by atoms with Crippen LogP contribution in [0.3, 0.4) is 0 Å². The lowest BCUT2D eigenvalue weighted by atomic mass is 10.2. The Labute approximate surface area is 123 Å². The smallest absolute Gasteiger partial charge is 0.319 e. The summed E-state index contributed by atoms with van der Waals surface area (Å²) in [7, 11) is 1.54. The Bertz CT molecular complexity index is 557. The number of anilines is 2. The van der Waals surface area contributed by atoms with Gasteiger partial charge in [-0.1, -0.05) is 6.08 Å². The molecule has 2 rings (SSSR count). The Morgan fingerprint density at radius 3 is 2.95 bits per heavy atom. The van der Waals surface area contributed by atoms with E-state index in [1.54, 1.807) is 36.3 Å². The highest BCUT2D eigenvalue weighted by Gasteiger charge is 2.24. The van der Waals surface area contributed by atoms with Crippen molar-refractivity contribution in [3.63, 3.8) is 0 Å². The zero-order valence-electron chi connectivity index (χ0n) is 12.0. The van der Waals surface area contributed by atoms with E-state index in [1.807, 2.05) is 0 Å². The molecule has 0 unspecified atom stereocenters. The number of nitrogens with zero attached hydrogens (tertiary/aromatic N) is 1. The van der Waals surface area contributed by atoms with Gasteiger partial charge >= 0.3 is 6.03 Å². The van der Waals surface area contributed by atoms with Crippen LogP contribution in [0.25, 0.3) is 0 Å². The SMILES string of the molecule is C=CCNC(=O)Nc1ccc(N2CCCC2=O)c(OC)c1. The minimum absolute atomic E-state index is 0.0951. The average Bonchev–Trinajstić information content (AvgIpc) is 2.91. The molecule has 0 aliphatic carbocycles. The molecule has 3 amide bonds. The van der Waals surface area contributed by atoms with E-state index in [0.29, 0.717) is 30.9 Å². The van der Waals surface area contributed by atoms with E-state index in [1.165, 1.54) is 0 Å². The van der Waals surface area contributed by atoms with Gasteiger partial charge in [-0.25, -0.2) is 4.79 Å². The van der Waals surface area contributed by atoms with Crippen molar-refractivity contribution in [2.45, 2.75) is 12.8 Å². The number of benzene rings is 1. The molecular weight excluding hydrogens is 270 g/mol.